The Hall–Kier alpha value is -3.36. The Kier molecular flexibility index (Phi) is 3.24. The summed E-state index contributed by atoms with van der Waals surface area (Å²) in [6.45, 7) is 0. The molecule has 4 atom stereocenters. The zero-order valence-corrected chi connectivity index (χ0v) is 12.7. The fourth-order valence-corrected chi connectivity index (χ4v) is 3.70. The minimum absolute atomic E-state index is 0.107. The summed E-state index contributed by atoms with van der Waals surface area (Å²) in [5.74, 6) is -2.99. The molecule has 0 saturated carbocycles. The number of rotatable bonds is 3. The van der Waals surface area contributed by atoms with Crippen molar-refractivity contribution in [1.82, 2.24) is 10.3 Å². The van der Waals surface area contributed by atoms with Gasteiger partial charge in [0.05, 0.1) is 22.8 Å². The highest BCUT2D eigenvalue weighted by molar-refractivity contribution is 6.12. The van der Waals surface area contributed by atoms with Gasteiger partial charge >= 0.3 is 0 Å². The summed E-state index contributed by atoms with van der Waals surface area (Å²) in [4.78, 5) is 47.7. The number of nitrogens with zero attached hydrogens (tertiary/aromatic N) is 3. The first kappa shape index (κ1) is 15.2. The summed E-state index contributed by atoms with van der Waals surface area (Å²) in [5.41, 5.74) is -0.110. The number of allylic oxidation sites excluding steroid dienone is 1. The van der Waals surface area contributed by atoms with Gasteiger partial charge in [-0.2, -0.15) is 5.10 Å². The molecule has 1 aromatic carbocycles. The van der Waals surface area contributed by atoms with Crippen LogP contribution < -0.4 is 5.32 Å². The van der Waals surface area contributed by atoms with E-state index in [1.54, 1.807) is 12.2 Å². The Morgan fingerprint density at radius 1 is 1.24 bits per heavy atom. The number of benzene rings is 1. The fourth-order valence-electron chi connectivity index (χ4n) is 3.70. The number of hydrogen-bond donors (Lipinski definition) is 1. The maximum absolute atomic E-state index is 13.0. The monoisotopic (exact) mass is 340 g/mol. The SMILES string of the molecule is O=C1NC(=O)[C@H]2[C@@H]1[C@H](C(=O)c1cccc([N+](=O)[O-])c1)N1N=CC=C[C@H]21. The number of carbonyl (C=O) groups is 3. The molecule has 0 spiro atoms. The van der Waals surface area contributed by atoms with Crippen LogP contribution in [0.25, 0.3) is 0 Å². The smallest absolute Gasteiger partial charge is 0.270 e. The van der Waals surface area contributed by atoms with E-state index >= 15 is 0 Å². The molecule has 9 nitrogen and oxygen atoms in total. The zero-order valence-electron chi connectivity index (χ0n) is 12.7. The van der Waals surface area contributed by atoms with Crippen molar-refractivity contribution in [2.45, 2.75) is 12.1 Å². The molecule has 2 fully saturated rings. The molecule has 0 bridgehead atoms. The molecule has 0 unspecified atom stereocenters. The lowest BCUT2D eigenvalue weighted by atomic mass is 9.86. The van der Waals surface area contributed by atoms with Crippen LogP contribution >= 0.6 is 0 Å². The van der Waals surface area contributed by atoms with Crippen molar-refractivity contribution < 1.29 is 19.3 Å². The van der Waals surface area contributed by atoms with E-state index in [2.05, 4.69) is 10.4 Å². The molecule has 2 amide bonds. The maximum atomic E-state index is 13.0. The highest BCUT2D eigenvalue weighted by atomic mass is 16.6. The number of non-ortho nitro benzene ring substituents is 1. The summed E-state index contributed by atoms with van der Waals surface area (Å²) in [6.07, 6.45) is 4.87. The van der Waals surface area contributed by atoms with E-state index in [4.69, 9.17) is 0 Å². The van der Waals surface area contributed by atoms with E-state index in [1.807, 2.05) is 0 Å². The summed E-state index contributed by atoms with van der Waals surface area (Å²) >= 11 is 0. The quantitative estimate of drug-likeness (QED) is 0.365. The molecule has 9 heteroatoms. The van der Waals surface area contributed by atoms with Gasteiger partial charge in [0.15, 0.2) is 5.78 Å². The number of carbonyl (C=O) groups excluding carboxylic acids is 3. The van der Waals surface area contributed by atoms with E-state index in [1.165, 1.54) is 35.5 Å². The molecule has 25 heavy (non-hydrogen) atoms. The second-order valence-electron chi connectivity index (χ2n) is 6.04. The van der Waals surface area contributed by atoms with Crippen molar-refractivity contribution in [2.24, 2.45) is 16.9 Å². The number of amides is 2. The van der Waals surface area contributed by atoms with E-state index in [0.717, 1.165) is 0 Å². The molecule has 0 aromatic heterocycles. The van der Waals surface area contributed by atoms with Gasteiger partial charge in [-0.15, -0.1) is 0 Å². The lowest BCUT2D eigenvalue weighted by Gasteiger charge is -2.28. The number of hydrogen-bond acceptors (Lipinski definition) is 7. The van der Waals surface area contributed by atoms with Crippen LogP contribution in [-0.2, 0) is 9.59 Å². The van der Waals surface area contributed by atoms with E-state index in [0.29, 0.717) is 0 Å². The predicted molar refractivity (Wildman–Crippen MR) is 84.6 cm³/mol. The topological polar surface area (TPSA) is 122 Å². The molecule has 0 aliphatic carbocycles. The number of nitro groups is 1. The van der Waals surface area contributed by atoms with E-state index in [-0.39, 0.29) is 11.3 Å². The summed E-state index contributed by atoms with van der Waals surface area (Å²) < 4.78 is 0. The number of nitrogens with one attached hydrogen (secondary N) is 1. The minimum atomic E-state index is -0.982. The van der Waals surface area contributed by atoms with Crippen LogP contribution in [0.4, 0.5) is 5.69 Å². The Bertz CT molecular complexity index is 877. The van der Waals surface area contributed by atoms with Crippen LogP contribution in [0.15, 0.2) is 41.5 Å². The van der Waals surface area contributed by atoms with Gasteiger partial charge in [0.1, 0.15) is 6.04 Å². The molecule has 4 rings (SSSR count). The van der Waals surface area contributed by atoms with Gasteiger partial charge in [0, 0.05) is 23.9 Å². The van der Waals surface area contributed by atoms with Crippen molar-refractivity contribution in [3.63, 3.8) is 0 Å². The number of imide groups is 1. The molecule has 3 aliphatic rings. The number of Topliss-reactive ketones (excluding diaryl/α,β-unsaturated/α-hetero) is 1. The fraction of sp³-hybridized carbons (Fsp3) is 0.250. The summed E-state index contributed by atoms with van der Waals surface area (Å²) in [6, 6.07) is 3.84. The van der Waals surface area contributed by atoms with Gasteiger partial charge in [-0.25, -0.2) is 0 Å². The van der Waals surface area contributed by atoms with Crippen LogP contribution in [0.1, 0.15) is 10.4 Å². The normalized spacial score (nSPS) is 29.4. The highest BCUT2D eigenvalue weighted by Crippen LogP contribution is 2.42. The van der Waals surface area contributed by atoms with Crippen molar-refractivity contribution in [3.05, 3.63) is 52.1 Å². The van der Waals surface area contributed by atoms with Crippen molar-refractivity contribution in [2.75, 3.05) is 0 Å². The molecule has 2 saturated heterocycles. The number of ketones is 1. The third kappa shape index (κ3) is 2.16. The largest absolute Gasteiger partial charge is 0.296 e. The Labute approximate surface area is 141 Å². The number of nitro benzene ring substituents is 1. The average molecular weight is 340 g/mol. The maximum Gasteiger partial charge on any atom is 0.270 e. The summed E-state index contributed by atoms with van der Waals surface area (Å²) in [7, 11) is 0. The average Bonchev–Trinajstić information content (AvgIpc) is 3.10. The van der Waals surface area contributed by atoms with Crippen molar-refractivity contribution in [3.8, 4) is 0 Å². The standard InChI is InChI=1S/C16H12N4O5/c21-14(8-3-1-4-9(7-8)20(24)25)13-12-11(15(22)18-16(12)23)10-5-2-6-17-19(10)13/h1-7,10-13H,(H,18,22,23)/t10-,11-,12-,13-/m1/s1. The Morgan fingerprint density at radius 3 is 2.76 bits per heavy atom. The zero-order chi connectivity index (χ0) is 17.7. The van der Waals surface area contributed by atoms with Crippen LogP contribution in [0.5, 0.6) is 0 Å². The number of hydrazone groups is 1. The Balaban J connectivity index is 1.76. The second-order valence-corrected chi connectivity index (χ2v) is 6.04. The molecule has 1 aromatic rings. The van der Waals surface area contributed by atoms with E-state index in [9.17, 15) is 24.5 Å². The van der Waals surface area contributed by atoms with Crippen LogP contribution in [0, 0.1) is 22.0 Å². The van der Waals surface area contributed by atoms with Gasteiger partial charge in [0.25, 0.3) is 5.69 Å². The van der Waals surface area contributed by atoms with Crippen LogP contribution in [-0.4, -0.2) is 45.8 Å². The first-order chi connectivity index (χ1) is 12.0. The van der Waals surface area contributed by atoms with Gasteiger partial charge in [0.2, 0.25) is 11.8 Å². The third-order valence-corrected chi connectivity index (χ3v) is 4.74. The lowest BCUT2D eigenvalue weighted by Crippen LogP contribution is -2.44. The van der Waals surface area contributed by atoms with Gasteiger partial charge in [-0.1, -0.05) is 18.2 Å². The molecule has 1 N–H and O–H groups in total. The first-order valence-electron chi connectivity index (χ1n) is 7.61. The number of fused-ring (bicyclic) bond motifs is 3. The molecule has 126 valence electrons. The van der Waals surface area contributed by atoms with Gasteiger partial charge in [-0.05, 0) is 6.08 Å². The third-order valence-electron chi connectivity index (χ3n) is 4.74. The highest BCUT2D eigenvalue weighted by Gasteiger charge is 2.61. The predicted octanol–water partition coefficient (Wildman–Crippen LogP) is 0.275. The van der Waals surface area contributed by atoms with Crippen molar-refractivity contribution >= 4 is 29.5 Å². The molecule has 3 aliphatic heterocycles. The van der Waals surface area contributed by atoms with Gasteiger partial charge in [-0.3, -0.25) is 34.8 Å². The Morgan fingerprint density at radius 2 is 2.00 bits per heavy atom. The first-order valence-corrected chi connectivity index (χ1v) is 7.61. The van der Waals surface area contributed by atoms with Crippen LogP contribution in [0.2, 0.25) is 0 Å². The molecule has 3 heterocycles. The van der Waals surface area contributed by atoms with E-state index < -0.39 is 46.4 Å². The molecular formula is C16H12N4O5. The van der Waals surface area contributed by atoms with Crippen LogP contribution in [0.3, 0.4) is 0 Å². The second kappa shape index (κ2) is 5.33. The summed E-state index contributed by atoms with van der Waals surface area (Å²) in [5, 5.41) is 18.8. The lowest BCUT2D eigenvalue weighted by molar-refractivity contribution is -0.384. The van der Waals surface area contributed by atoms with Crippen molar-refractivity contribution in [1.29, 1.82) is 0 Å². The minimum Gasteiger partial charge on any atom is -0.296 e. The molecular weight excluding hydrogens is 328 g/mol. The van der Waals surface area contributed by atoms with Gasteiger partial charge < -0.3 is 0 Å². The molecule has 0 radical (unpaired) electrons.